The Kier molecular flexibility index (Phi) is 5.57. The van der Waals surface area contributed by atoms with Crippen molar-refractivity contribution in [2.45, 2.75) is 13.3 Å². The van der Waals surface area contributed by atoms with Gasteiger partial charge in [-0.05, 0) is 28.9 Å². The summed E-state index contributed by atoms with van der Waals surface area (Å²) in [6.07, 6.45) is 4.50. The fraction of sp³-hybridized carbons (Fsp3) is 0.600. The second kappa shape index (κ2) is 6.74. The summed E-state index contributed by atoms with van der Waals surface area (Å²) in [6.45, 7) is 5.15. The molecule has 0 aromatic carbocycles. The summed E-state index contributed by atoms with van der Waals surface area (Å²) in [5.74, 6) is 0.934. The Hall–Kier alpha value is -0.680. The van der Waals surface area contributed by atoms with E-state index >= 15 is 0 Å². The third kappa shape index (κ3) is 4.13. The lowest BCUT2D eigenvalue weighted by molar-refractivity contribution is 0.663. The van der Waals surface area contributed by atoms with Gasteiger partial charge in [-0.2, -0.15) is 0 Å². The Labute approximate surface area is 99.2 Å². The lowest BCUT2D eigenvalue weighted by Crippen LogP contribution is -2.30. The third-order valence-corrected chi connectivity index (χ3v) is 2.62. The van der Waals surface area contributed by atoms with Crippen LogP contribution in [0.3, 0.4) is 0 Å². The van der Waals surface area contributed by atoms with Gasteiger partial charge in [0.2, 0.25) is 0 Å². The van der Waals surface area contributed by atoms with Crippen LogP contribution in [0.2, 0.25) is 0 Å². The molecule has 84 valence electrons. The second-order valence-electron chi connectivity index (χ2n) is 3.37. The van der Waals surface area contributed by atoms with Crippen LogP contribution in [0.25, 0.3) is 0 Å². The van der Waals surface area contributed by atoms with Gasteiger partial charge >= 0.3 is 0 Å². The Morgan fingerprint density at radius 3 is 2.93 bits per heavy atom. The molecule has 0 bridgehead atoms. The van der Waals surface area contributed by atoms with E-state index in [1.165, 1.54) is 6.42 Å². The zero-order chi connectivity index (χ0) is 11.1. The second-order valence-corrected chi connectivity index (χ2v) is 4.22. The summed E-state index contributed by atoms with van der Waals surface area (Å²) in [4.78, 5) is 10.3. The summed E-state index contributed by atoms with van der Waals surface area (Å²) < 4.78 is 0.933. The molecule has 5 heteroatoms. The number of aromatic nitrogens is 2. The molecule has 0 radical (unpaired) electrons. The van der Waals surface area contributed by atoms with Crippen molar-refractivity contribution in [3.05, 3.63) is 17.0 Å². The first kappa shape index (κ1) is 12.4. The largest absolute Gasteiger partial charge is 0.357 e. The Bertz CT molecular complexity index is 293. The van der Waals surface area contributed by atoms with Crippen molar-refractivity contribution in [3.8, 4) is 0 Å². The molecule has 0 unspecified atom stereocenters. The molecule has 15 heavy (non-hydrogen) atoms. The predicted octanol–water partition coefficient (Wildman–Crippen LogP) is 1.67. The van der Waals surface area contributed by atoms with Crippen molar-refractivity contribution in [2.75, 3.05) is 31.6 Å². The highest BCUT2D eigenvalue weighted by Gasteiger charge is 2.05. The molecule has 0 saturated heterocycles. The Balaban J connectivity index is 2.40. The molecule has 1 rings (SSSR count). The maximum atomic E-state index is 4.22. The molecule has 0 fully saturated rings. The van der Waals surface area contributed by atoms with E-state index in [1.54, 1.807) is 12.5 Å². The van der Waals surface area contributed by atoms with Crippen molar-refractivity contribution < 1.29 is 0 Å². The van der Waals surface area contributed by atoms with E-state index in [2.05, 4.69) is 43.0 Å². The highest BCUT2D eigenvalue weighted by atomic mass is 79.9. The molecule has 0 aliphatic rings. The zero-order valence-electron chi connectivity index (χ0n) is 9.20. The van der Waals surface area contributed by atoms with E-state index in [0.717, 1.165) is 29.9 Å². The van der Waals surface area contributed by atoms with Crippen LogP contribution in [0.5, 0.6) is 0 Å². The molecule has 4 nitrogen and oxygen atoms in total. The fourth-order valence-electron chi connectivity index (χ4n) is 1.24. The van der Waals surface area contributed by atoms with Crippen LogP contribution in [-0.2, 0) is 0 Å². The van der Waals surface area contributed by atoms with Crippen molar-refractivity contribution in [3.63, 3.8) is 0 Å². The van der Waals surface area contributed by atoms with Gasteiger partial charge in [0.1, 0.15) is 12.1 Å². The van der Waals surface area contributed by atoms with Gasteiger partial charge in [-0.3, -0.25) is 0 Å². The summed E-state index contributed by atoms with van der Waals surface area (Å²) >= 11 is 3.43. The maximum Gasteiger partial charge on any atom is 0.146 e. The van der Waals surface area contributed by atoms with Gasteiger partial charge < -0.3 is 10.2 Å². The Morgan fingerprint density at radius 1 is 1.47 bits per heavy atom. The minimum absolute atomic E-state index is 0.933. The highest BCUT2D eigenvalue weighted by molar-refractivity contribution is 9.10. The number of nitrogens with one attached hydrogen (secondary N) is 1. The van der Waals surface area contributed by atoms with E-state index in [0.29, 0.717) is 0 Å². The topological polar surface area (TPSA) is 41.0 Å². The van der Waals surface area contributed by atoms with Gasteiger partial charge in [0.05, 0.1) is 4.47 Å². The van der Waals surface area contributed by atoms with Crippen LogP contribution in [-0.4, -0.2) is 36.6 Å². The highest BCUT2D eigenvalue weighted by Crippen LogP contribution is 2.19. The summed E-state index contributed by atoms with van der Waals surface area (Å²) in [7, 11) is 2.03. The third-order valence-electron chi connectivity index (χ3n) is 2.06. The molecule has 1 N–H and O–H groups in total. The molecule has 0 saturated carbocycles. The lowest BCUT2D eigenvalue weighted by atomic mass is 10.4. The molecule has 1 heterocycles. The van der Waals surface area contributed by atoms with Crippen molar-refractivity contribution in [1.82, 2.24) is 15.3 Å². The first-order chi connectivity index (χ1) is 7.25. The summed E-state index contributed by atoms with van der Waals surface area (Å²) in [6, 6.07) is 0. The van der Waals surface area contributed by atoms with Gasteiger partial charge in [0.15, 0.2) is 0 Å². The number of anilines is 1. The lowest BCUT2D eigenvalue weighted by Gasteiger charge is -2.19. The summed E-state index contributed by atoms with van der Waals surface area (Å²) in [5, 5.41) is 3.35. The SMILES string of the molecule is CCCNCCN(C)c1ncncc1Br. The van der Waals surface area contributed by atoms with Gasteiger partial charge in [0, 0.05) is 26.3 Å². The first-order valence-corrected chi connectivity index (χ1v) is 5.92. The fourth-order valence-corrected chi connectivity index (χ4v) is 1.76. The number of hydrogen-bond donors (Lipinski definition) is 1. The van der Waals surface area contributed by atoms with Crippen LogP contribution in [0.15, 0.2) is 17.0 Å². The number of halogens is 1. The van der Waals surface area contributed by atoms with E-state index in [4.69, 9.17) is 0 Å². The number of nitrogens with zero attached hydrogens (tertiary/aromatic N) is 3. The summed E-state index contributed by atoms with van der Waals surface area (Å²) in [5.41, 5.74) is 0. The molecular weight excluding hydrogens is 256 g/mol. The number of hydrogen-bond acceptors (Lipinski definition) is 4. The molecular formula is C10H17BrN4. The molecule has 0 atom stereocenters. The van der Waals surface area contributed by atoms with Crippen molar-refractivity contribution >= 4 is 21.7 Å². The molecule has 0 amide bonds. The molecule has 1 aromatic heterocycles. The van der Waals surface area contributed by atoms with Gasteiger partial charge in [0.25, 0.3) is 0 Å². The average Bonchev–Trinajstić information content (AvgIpc) is 2.25. The van der Waals surface area contributed by atoms with E-state index in [-0.39, 0.29) is 0 Å². The van der Waals surface area contributed by atoms with E-state index in [9.17, 15) is 0 Å². The van der Waals surface area contributed by atoms with Crippen LogP contribution < -0.4 is 10.2 Å². The van der Waals surface area contributed by atoms with Crippen LogP contribution in [0, 0.1) is 0 Å². The number of rotatable bonds is 6. The van der Waals surface area contributed by atoms with Gasteiger partial charge in [-0.1, -0.05) is 6.92 Å². The van der Waals surface area contributed by atoms with Crippen molar-refractivity contribution in [2.24, 2.45) is 0 Å². The van der Waals surface area contributed by atoms with Gasteiger partial charge in [-0.15, -0.1) is 0 Å². The average molecular weight is 273 g/mol. The monoisotopic (exact) mass is 272 g/mol. The van der Waals surface area contributed by atoms with Crippen LogP contribution >= 0.6 is 15.9 Å². The normalized spacial score (nSPS) is 10.3. The quantitative estimate of drug-likeness (QED) is 0.801. The van der Waals surface area contributed by atoms with E-state index < -0.39 is 0 Å². The smallest absolute Gasteiger partial charge is 0.146 e. The first-order valence-electron chi connectivity index (χ1n) is 5.13. The molecule has 0 aliphatic carbocycles. The number of likely N-dealkylation sites (N-methyl/N-ethyl adjacent to an activating group) is 1. The molecule has 0 spiro atoms. The van der Waals surface area contributed by atoms with Crippen molar-refractivity contribution in [1.29, 1.82) is 0 Å². The minimum atomic E-state index is 0.933. The molecule has 1 aromatic rings. The van der Waals surface area contributed by atoms with Crippen LogP contribution in [0.1, 0.15) is 13.3 Å². The molecule has 0 aliphatic heterocycles. The minimum Gasteiger partial charge on any atom is -0.357 e. The van der Waals surface area contributed by atoms with Gasteiger partial charge in [-0.25, -0.2) is 9.97 Å². The predicted molar refractivity (Wildman–Crippen MR) is 66.2 cm³/mol. The Morgan fingerprint density at radius 2 is 2.27 bits per heavy atom. The van der Waals surface area contributed by atoms with Crippen LogP contribution in [0.4, 0.5) is 5.82 Å². The standard InChI is InChI=1S/C10H17BrN4/c1-3-4-12-5-6-15(2)10-9(11)7-13-8-14-10/h7-8,12H,3-6H2,1-2H3. The van der Waals surface area contributed by atoms with E-state index in [1.807, 2.05) is 7.05 Å². The zero-order valence-corrected chi connectivity index (χ0v) is 10.8. The maximum absolute atomic E-state index is 4.22.